The van der Waals surface area contributed by atoms with Gasteiger partial charge in [0.1, 0.15) is 5.76 Å². The van der Waals surface area contributed by atoms with Crippen LogP contribution < -0.4 is 5.32 Å². The number of carbonyl (C=O) groups is 1. The predicted octanol–water partition coefficient (Wildman–Crippen LogP) is 2.23. The standard InChI is InChI=1S/C16H17NO3/c1-2-14-12(7-8-20-14)16(19)17-15-11-6-4-3-5-10(11)9-13(15)18/h3-8,13,15,18H,2,9H2,1H3,(H,17,19)/t13-,15+/m0/s1. The minimum absolute atomic E-state index is 0.198. The molecule has 2 N–H and O–H groups in total. The summed E-state index contributed by atoms with van der Waals surface area (Å²) in [7, 11) is 0. The van der Waals surface area contributed by atoms with E-state index in [2.05, 4.69) is 5.32 Å². The summed E-state index contributed by atoms with van der Waals surface area (Å²) in [6.07, 6.45) is 2.19. The van der Waals surface area contributed by atoms with Crippen LogP contribution in [0.15, 0.2) is 41.0 Å². The molecule has 4 nitrogen and oxygen atoms in total. The minimum atomic E-state index is -0.576. The highest BCUT2D eigenvalue weighted by Crippen LogP contribution is 2.31. The van der Waals surface area contributed by atoms with E-state index >= 15 is 0 Å². The fourth-order valence-electron chi connectivity index (χ4n) is 2.78. The summed E-state index contributed by atoms with van der Waals surface area (Å²) in [5, 5.41) is 13.1. The van der Waals surface area contributed by atoms with Gasteiger partial charge in [-0.1, -0.05) is 31.2 Å². The number of amides is 1. The highest BCUT2D eigenvalue weighted by atomic mass is 16.3. The Bertz CT molecular complexity index is 632. The zero-order valence-electron chi connectivity index (χ0n) is 11.3. The second-order valence-corrected chi connectivity index (χ2v) is 5.03. The number of hydrogen-bond donors (Lipinski definition) is 2. The van der Waals surface area contributed by atoms with E-state index in [1.54, 1.807) is 6.07 Å². The number of rotatable bonds is 3. The number of nitrogens with one attached hydrogen (secondary N) is 1. The fourth-order valence-corrected chi connectivity index (χ4v) is 2.78. The Morgan fingerprint density at radius 2 is 2.20 bits per heavy atom. The van der Waals surface area contributed by atoms with Gasteiger partial charge in [-0.15, -0.1) is 0 Å². The molecule has 1 aromatic carbocycles. The van der Waals surface area contributed by atoms with E-state index in [9.17, 15) is 9.90 Å². The van der Waals surface area contributed by atoms with Crippen LogP contribution in [-0.2, 0) is 12.8 Å². The van der Waals surface area contributed by atoms with E-state index < -0.39 is 6.10 Å². The fraction of sp³-hybridized carbons (Fsp3) is 0.312. The monoisotopic (exact) mass is 271 g/mol. The lowest BCUT2D eigenvalue weighted by Crippen LogP contribution is -2.34. The van der Waals surface area contributed by atoms with Gasteiger partial charge in [0.15, 0.2) is 0 Å². The smallest absolute Gasteiger partial charge is 0.255 e. The van der Waals surface area contributed by atoms with Gasteiger partial charge in [0.05, 0.1) is 24.0 Å². The number of aliphatic hydroxyl groups excluding tert-OH is 1. The van der Waals surface area contributed by atoms with Crippen LogP contribution in [-0.4, -0.2) is 17.1 Å². The molecule has 1 heterocycles. The molecular formula is C16H17NO3. The van der Waals surface area contributed by atoms with Crippen molar-refractivity contribution >= 4 is 5.91 Å². The van der Waals surface area contributed by atoms with Gasteiger partial charge in [0.25, 0.3) is 5.91 Å². The maximum absolute atomic E-state index is 12.3. The van der Waals surface area contributed by atoms with E-state index in [1.807, 2.05) is 31.2 Å². The van der Waals surface area contributed by atoms with E-state index in [0.717, 1.165) is 11.1 Å². The number of fused-ring (bicyclic) bond motifs is 1. The van der Waals surface area contributed by atoms with Crippen LogP contribution in [0.25, 0.3) is 0 Å². The average molecular weight is 271 g/mol. The Morgan fingerprint density at radius 1 is 1.40 bits per heavy atom. The maximum atomic E-state index is 12.3. The van der Waals surface area contributed by atoms with E-state index in [4.69, 9.17) is 4.42 Å². The van der Waals surface area contributed by atoms with Crippen LogP contribution in [0.1, 0.15) is 40.2 Å². The van der Waals surface area contributed by atoms with Crippen molar-refractivity contribution in [2.45, 2.75) is 31.9 Å². The molecule has 0 radical (unpaired) electrons. The van der Waals surface area contributed by atoms with Gasteiger partial charge in [0.2, 0.25) is 0 Å². The third kappa shape index (κ3) is 2.12. The first-order valence-corrected chi connectivity index (χ1v) is 6.83. The van der Waals surface area contributed by atoms with Crippen molar-refractivity contribution in [3.63, 3.8) is 0 Å². The minimum Gasteiger partial charge on any atom is -0.469 e. The number of aliphatic hydroxyl groups is 1. The van der Waals surface area contributed by atoms with Crippen molar-refractivity contribution in [2.24, 2.45) is 0 Å². The van der Waals surface area contributed by atoms with Crippen LogP contribution in [0.4, 0.5) is 0 Å². The summed E-state index contributed by atoms with van der Waals surface area (Å²) in [5.41, 5.74) is 2.63. The van der Waals surface area contributed by atoms with E-state index in [-0.39, 0.29) is 11.9 Å². The Morgan fingerprint density at radius 3 is 3.00 bits per heavy atom. The summed E-state index contributed by atoms with van der Waals surface area (Å²) >= 11 is 0. The molecule has 0 bridgehead atoms. The van der Waals surface area contributed by atoms with Gasteiger partial charge in [-0.2, -0.15) is 0 Å². The first kappa shape index (κ1) is 12.9. The zero-order chi connectivity index (χ0) is 14.1. The predicted molar refractivity (Wildman–Crippen MR) is 74.4 cm³/mol. The molecule has 1 aliphatic carbocycles. The van der Waals surface area contributed by atoms with Gasteiger partial charge in [0, 0.05) is 12.8 Å². The lowest BCUT2D eigenvalue weighted by molar-refractivity contribution is 0.0856. The first-order valence-electron chi connectivity index (χ1n) is 6.83. The van der Waals surface area contributed by atoms with Crippen molar-refractivity contribution < 1.29 is 14.3 Å². The van der Waals surface area contributed by atoms with Crippen LogP contribution >= 0.6 is 0 Å². The van der Waals surface area contributed by atoms with E-state index in [0.29, 0.717) is 24.2 Å². The Labute approximate surface area is 117 Å². The number of benzene rings is 1. The second kappa shape index (κ2) is 5.13. The highest BCUT2D eigenvalue weighted by molar-refractivity contribution is 5.95. The molecule has 2 aromatic rings. The van der Waals surface area contributed by atoms with Crippen LogP contribution in [0, 0.1) is 0 Å². The molecule has 4 heteroatoms. The molecule has 20 heavy (non-hydrogen) atoms. The highest BCUT2D eigenvalue weighted by Gasteiger charge is 2.32. The SMILES string of the molecule is CCc1occc1C(=O)N[C@@H]1c2ccccc2C[C@@H]1O. The zero-order valence-corrected chi connectivity index (χ0v) is 11.3. The molecule has 1 aromatic heterocycles. The topological polar surface area (TPSA) is 62.5 Å². The Hall–Kier alpha value is -2.07. The summed E-state index contributed by atoms with van der Waals surface area (Å²) in [4.78, 5) is 12.3. The van der Waals surface area contributed by atoms with Gasteiger partial charge in [-0.3, -0.25) is 4.79 Å². The molecule has 0 aliphatic heterocycles. The summed E-state index contributed by atoms with van der Waals surface area (Å²) in [6, 6.07) is 9.12. The molecule has 0 saturated carbocycles. The molecule has 1 amide bonds. The Kier molecular flexibility index (Phi) is 3.32. The molecule has 3 rings (SSSR count). The average Bonchev–Trinajstić information content (AvgIpc) is 3.04. The van der Waals surface area contributed by atoms with Crippen molar-refractivity contribution in [2.75, 3.05) is 0 Å². The molecular weight excluding hydrogens is 254 g/mol. The van der Waals surface area contributed by atoms with Crippen molar-refractivity contribution in [3.8, 4) is 0 Å². The molecule has 1 aliphatic rings. The van der Waals surface area contributed by atoms with Crippen LogP contribution in [0.3, 0.4) is 0 Å². The number of hydrogen-bond acceptors (Lipinski definition) is 3. The summed E-state index contributed by atoms with van der Waals surface area (Å²) in [5.74, 6) is 0.472. The molecule has 0 saturated heterocycles. The van der Waals surface area contributed by atoms with Crippen molar-refractivity contribution in [1.82, 2.24) is 5.32 Å². The van der Waals surface area contributed by atoms with Crippen molar-refractivity contribution in [1.29, 1.82) is 0 Å². The molecule has 104 valence electrons. The normalized spacial score (nSPS) is 20.7. The lowest BCUT2D eigenvalue weighted by Gasteiger charge is -2.17. The summed E-state index contributed by atoms with van der Waals surface area (Å²) in [6.45, 7) is 1.94. The van der Waals surface area contributed by atoms with Crippen LogP contribution in [0.5, 0.6) is 0 Å². The second-order valence-electron chi connectivity index (χ2n) is 5.03. The lowest BCUT2D eigenvalue weighted by atomic mass is 10.1. The quantitative estimate of drug-likeness (QED) is 0.900. The van der Waals surface area contributed by atoms with E-state index in [1.165, 1.54) is 6.26 Å². The number of furan rings is 1. The van der Waals surface area contributed by atoms with Gasteiger partial charge in [-0.25, -0.2) is 0 Å². The third-order valence-electron chi connectivity index (χ3n) is 3.80. The van der Waals surface area contributed by atoms with Gasteiger partial charge >= 0.3 is 0 Å². The van der Waals surface area contributed by atoms with Crippen molar-refractivity contribution in [3.05, 3.63) is 59.0 Å². The van der Waals surface area contributed by atoms with Crippen LogP contribution in [0.2, 0.25) is 0 Å². The summed E-state index contributed by atoms with van der Waals surface area (Å²) < 4.78 is 5.27. The molecule has 0 unspecified atom stereocenters. The maximum Gasteiger partial charge on any atom is 0.255 e. The van der Waals surface area contributed by atoms with Gasteiger partial charge in [-0.05, 0) is 17.2 Å². The van der Waals surface area contributed by atoms with Gasteiger partial charge < -0.3 is 14.8 Å². The molecule has 0 spiro atoms. The number of aryl methyl sites for hydroxylation is 1. The molecule has 0 fully saturated rings. The number of carbonyl (C=O) groups excluding carboxylic acids is 1. The Balaban J connectivity index is 1.83. The largest absolute Gasteiger partial charge is 0.469 e. The molecule has 2 atom stereocenters. The first-order chi connectivity index (χ1) is 9.70. The third-order valence-corrected chi connectivity index (χ3v) is 3.80.